The van der Waals surface area contributed by atoms with Crippen LogP contribution >= 0.6 is 0 Å². The largest absolute Gasteiger partial charge is 0.459 e. The number of esters is 1. The van der Waals surface area contributed by atoms with Crippen LogP contribution in [0.15, 0.2) is 33.5 Å². The van der Waals surface area contributed by atoms with Gasteiger partial charge in [0, 0.05) is 17.5 Å². The SMILES string of the molecule is CCOC(=O)C(=O)Nc1cc2cc([N+](=O)[O-])ccc2oc1=O. The van der Waals surface area contributed by atoms with Crippen molar-refractivity contribution in [3.8, 4) is 0 Å². The smallest absolute Gasteiger partial charge is 0.397 e. The van der Waals surface area contributed by atoms with Gasteiger partial charge < -0.3 is 14.5 Å². The molecule has 9 nitrogen and oxygen atoms in total. The molecule has 0 unspecified atom stereocenters. The molecule has 0 atom stereocenters. The number of nitro benzene ring substituents is 1. The molecular formula is C13H10N2O7. The van der Waals surface area contributed by atoms with Gasteiger partial charge in [0.1, 0.15) is 11.3 Å². The minimum absolute atomic E-state index is 0.00474. The lowest BCUT2D eigenvalue weighted by atomic mass is 10.2. The molecule has 1 amide bonds. The number of anilines is 1. The number of nitro groups is 1. The van der Waals surface area contributed by atoms with Crippen LogP contribution in [0.2, 0.25) is 0 Å². The fourth-order valence-corrected chi connectivity index (χ4v) is 1.68. The van der Waals surface area contributed by atoms with Crippen LogP contribution in [0.3, 0.4) is 0 Å². The number of non-ortho nitro benzene ring substituents is 1. The molecule has 2 rings (SSSR count). The zero-order valence-electron chi connectivity index (χ0n) is 11.3. The maximum absolute atomic E-state index is 11.7. The van der Waals surface area contributed by atoms with Crippen LogP contribution in [-0.4, -0.2) is 23.4 Å². The molecule has 0 aliphatic heterocycles. The van der Waals surface area contributed by atoms with E-state index in [1.54, 1.807) is 0 Å². The van der Waals surface area contributed by atoms with E-state index in [0.29, 0.717) is 0 Å². The summed E-state index contributed by atoms with van der Waals surface area (Å²) in [6, 6.07) is 4.82. The number of amides is 1. The Morgan fingerprint density at radius 2 is 2.09 bits per heavy atom. The molecule has 1 heterocycles. The second-order valence-electron chi connectivity index (χ2n) is 4.10. The molecule has 0 bridgehead atoms. The molecule has 2 aromatic rings. The number of hydrogen-bond donors (Lipinski definition) is 1. The van der Waals surface area contributed by atoms with Gasteiger partial charge in [-0.1, -0.05) is 0 Å². The van der Waals surface area contributed by atoms with Crippen molar-refractivity contribution in [2.45, 2.75) is 6.92 Å². The van der Waals surface area contributed by atoms with Crippen molar-refractivity contribution < 1.29 is 23.7 Å². The van der Waals surface area contributed by atoms with Crippen LogP contribution < -0.4 is 10.9 Å². The molecule has 0 spiro atoms. The summed E-state index contributed by atoms with van der Waals surface area (Å²) in [5.41, 5.74) is -1.29. The Morgan fingerprint density at radius 1 is 1.36 bits per heavy atom. The minimum atomic E-state index is -1.15. The van der Waals surface area contributed by atoms with Crippen molar-refractivity contribution in [1.29, 1.82) is 0 Å². The maximum atomic E-state index is 11.7. The molecule has 0 radical (unpaired) electrons. The van der Waals surface area contributed by atoms with Gasteiger partial charge in [0.15, 0.2) is 0 Å². The summed E-state index contributed by atoms with van der Waals surface area (Å²) in [7, 11) is 0. The predicted octanol–water partition coefficient (Wildman–Crippen LogP) is 1.20. The molecule has 0 aliphatic carbocycles. The molecule has 0 saturated heterocycles. The van der Waals surface area contributed by atoms with Gasteiger partial charge in [0.05, 0.1) is 11.5 Å². The van der Waals surface area contributed by atoms with E-state index < -0.39 is 22.4 Å². The van der Waals surface area contributed by atoms with Crippen molar-refractivity contribution >= 4 is 34.2 Å². The Balaban J connectivity index is 2.39. The van der Waals surface area contributed by atoms with Crippen LogP contribution in [0.4, 0.5) is 11.4 Å². The van der Waals surface area contributed by atoms with Crippen molar-refractivity contribution in [3.63, 3.8) is 0 Å². The topological polar surface area (TPSA) is 129 Å². The third-order valence-corrected chi connectivity index (χ3v) is 2.64. The second-order valence-corrected chi connectivity index (χ2v) is 4.10. The van der Waals surface area contributed by atoms with Crippen molar-refractivity contribution in [2.75, 3.05) is 11.9 Å². The molecule has 1 aromatic carbocycles. The first kappa shape index (κ1) is 15.2. The normalized spacial score (nSPS) is 10.2. The lowest BCUT2D eigenvalue weighted by Gasteiger charge is -2.04. The average Bonchev–Trinajstić information content (AvgIpc) is 2.47. The van der Waals surface area contributed by atoms with Gasteiger partial charge in [-0.25, -0.2) is 9.59 Å². The summed E-state index contributed by atoms with van der Waals surface area (Å²) in [6.07, 6.45) is 0. The zero-order chi connectivity index (χ0) is 16.3. The average molecular weight is 306 g/mol. The van der Waals surface area contributed by atoms with Crippen molar-refractivity contribution in [1.82, 2.24) is 0 Å². The first-order valence-electron chi connectivity index (χ1n) is 6.12. The Morgan fingerprint density at radius 3 is 2.73 bits per heavy atom. The maximum Gasteiger partial charge on any atom is 0.397 e. The second kappa shape index (κ2) is 6.04. The molecule has 0 fully saturated rings. The van der Waals surface area contributed by atoms with Gasteiger partial charge in [-0.3, -0.25) is 14.9 Å². The summed E-state index contributed by atoms with van der Waals surface area (Å²) in [6.45, 7) is 1.53. The Labute approximate surface area is 122 Å². The van der Waals surface area contributed by atoms with Crippen LogP contribution in [-0.2, 0) is 14.3 Å². The van der Waals surface area contributed by atoms with E-state index in [4.69, 9.17) is 4.42 Å². The van der Waals surface area contributed by atoms with Gasteiger partial charge in [0.25, 0.3) is 5.69 Å². The molecule has 114 valence electrons. The highest BCUT2D eigenvalue weighted by molar-refractivity contribution is 6.37. The molecule has 1 aromatic heterocycles. The molecule has 0 saturated carbocycles. The number of hydrogen-bond acceptors (Lipinski definition) is 7. The van der Waals surface area contributed by atoms with E-state index in [-0.39, 0.29) is 29.0 Å². The number of fused-ring (bicyclic) bond motifs is 1. The highest BCUT2D eigenvalue weighted by atomic mass is 16.6. The number of carbonyl (C=O) groups excluding carboxylic acids is 2. The molecule has 22 heavy (non-hydrogen) atoms. The predicted molar refractivity (Wildman–Crippen MR) is 74.4 cm³/mol. The molecule has 0 aliphatic rings. The number of nitrogens with zero attached hydrogens (tertiary/aromatic N) is 1. The van der Waals surface area contributed by atoms with Crippen molar-refractivity contribution in [2.24, 2.45) is 0 Å². The fraction of sp³-hybridized carbons (Fsp3) is 0.154. The number of nitrogens with one attached hydrogen (secondary N) is 1. The number of ether oxygens (including phenoxy) is 1. The third kappa shape index (κ3) is 3.08. The summed E-state index contributed by atoms with van der Waals surface area (Å²) >= 11 is 0. The first-order valence-corrected chi connectivity index (χ1v) is 6.12. The number of rotatable bonds is 3. The molecule has 1 N–H and O–H groups in total. The third-order valence-electron chi connectivity index (χ3n) is 2.64. The van der Waals surface area contributed by atoms with Gasteiger partial charge in [-0.15, -0.1) is 0 Å². The number of carbonyl (C=O) groups is 2. The van der Waals surface area contributed by atoms with E-state index in [1.165, 1.54) is 31.2 Å². The Kier molecular flexibility index (Phi) is 4.16. The van der Waals surface area contributed by atoms with E-state index >= 15 is 0 Å². The highest BCUT2D eigenvalue weighted by Gasteiger charge is 2.18. The van der Waals surface area contributed by atoms with E-state index in [9.17, 15) is 24.5 Å². The zero-order valence-corrected chi connectivity index (χ0v) is 11.3. The quantitative estimate of drug-likeness (QED) is 0.296. The lowest BCUT2D eigenvalue weighted by Crippen LogP contribution is -2.27. The summed E-state index contributed by atoms with van der Waals surface area (Å²) in [4.78, 5) is 44.5. The minimum Gasteiger partial charge on any atom is -0.459 e. The fourth-order valence-electron chi connectivity index (χ4n) is 1.68. The first-order chi connectivity index (χ1) is 10.4. The summed E-state index contributed by atoms with van der Waals surface area (Å²) in [5.74, 6) is -2.29. The van der Waals surface area contributed by atoms with E-state index in [2.05, 4.69) is 4.74 Å². The van der Waals surface area contributed by atoms with E-state index in [0.717, 1.165) is 0 Å². The molecular weight excluding hydrogens is 296 g/mol. The van der Waals surface area contributed by atoms with Gasteiger partial charge in [0.2, 0.25) is 0 Å². The van der Waals surface area contributed by atoms with Gasteiger partial charge >= 0.3 is 17.5 Å². The summed E-state index contributed by atoms with van der Waals surface area (Å²) < 4.78 is 9.40. The van der Waals surface area contributed by atoms with Gasteiger partial charge in [-0.05, 0) is 19.1 Å². The van der Waals surface area contributed by atoms with Crippen LogP contribution in [0, 0.1) is 10.1 Å². The summed E-state index contributed by atoms with van der Waals surface area (Å²) in [5, 5.41) is 13.0. The van der Waals surface area contributed by atoms with Gasteiger partial charge in [-0.2, -0.15) is 0 Å². The van der Waals surface area contributed by atoms with E-state index in [1.807, 2.05) is 5.32 Å². The standard InChI is InChI=1S/C13H10N2O7/c1-2-21-13(18)11(16)14-9-6-7-5-8(15(19)20)3-4-10(7)22-12(9)17/h3-6H,2H2,1H3,(H,14,16). The Bertz CT molecular complexity index is 825. The number of benzene rings is 1. The van der Waals surface area contributed by atoms with Crippen molar-refractivity contribution in [3.05, 3.63) is 44.8 Å². The highest BCUT2D eigenvalue weighted by Crippen LogP contribution is 2.21. The molecule has 9 heteroatoms. The van der Waals surface area contributed by atoms with Crippen LogP contribution in [0.5, 0.6) is 0 Å². The lowest BCUT2D eigenvalue weighted by molar-refractivity contribution is -0.384. The van der Waals surface area contributed by atoms with Crippen LogP contribution in [0.1, 0.15) is 6.92 Å². The monoisotopic (exact) mass is 306 g/mol. The Hall–Kier alpha value is -3.23. The van der Waals surface area contributed by atoms with Crippen LogP contribution in [0.25, 0.3) is 11.0 Å².